The van der Waals surface area contributed by atoms with Crippen molar-refractivity contribution < 1.29 is 27.6 Å². The van der Waals surface area contributed by atoms with Crippen LogP contribution in [-0.4, -0.2) is 24.3 Å². The lowest BCUT2D eigenvalue weighted by atomic mass is 10.1. The molecule has 1 aromatic carbocycles. The van der Waals surface area contributed by atoms with Crippen LogP contribution < -0.4 is 16.2 Å². The molecule has 2 aromatic rings. The topological polar surface area (TPSA) is 87.3 Å². The Hall–Kier alpha value is -2.88. The second kappa shape index (κ2) is 7.79. The van der Waals surface area contributed by atoms with Gasteiger partial charge in [0.1, 0.15) is 0 Å². The Bertz CT molecular complexity index is 759. The van der Waals surface area contributed by atoms with Crippen LogP contribution >= 0.6 is 11.3 Å². The van der Waals surface area contributed by atoms with Crippen molar-refractivity contribution in [3.8, 4) is 0 Å². The van der Waals surface area contributed by atoms with Crippen LogP contribution in [0.5, 0.6) is 0 Å². The fourth-order valence-corrected chi connectivity index (χ4v) is 2.33. The molecular formula is C15H12F3N3O3S. The maximum atomic E-state index is 12.4. The molecule has 0 saturated carbocycles. The number of carbonyl (C=O) groups excluding carboxylic acids is 3. The summed E-state index contributed by atoms with van der Waals surface area (Å²) in [7, 11) is 0. The molecule has 2 rings (SSSR count). The number of amides is 3. The predicted molar refractivity (Wildman–Crippen MR) is 83.7 cm³/mol. The highest BCUT2D eigenvalue weighted by atomic mass is 32.1. The molecule has 0 atom stereocenters. The minimum Gasteiger partial charge on any atom is -0.343 e. The second-order valence-electron chi connectivity index (χ2n) is 4.74. The number of rotatable bonds is 4. The Morgan fingerprint density at radius 2 is 1.64 bits per heavy atom. The molecule has 0 saturated heterocycles. The lowest BCUT2D eigenvalue weighted by molar-refractivity contribution is -0.137. The summed E-state index contributed by atoms with van der Waals surface area (Å²) in [5.41, 5.74) is 3.38. The number of hydrogen-bond acceptors (Lipinski definition) is 4. The minimum atomic E-state index is -4.49. The predicted octanol–water partition coefficient (Wildman–Crippen LogP) is 1.96. The minimum absolute atomic E-state index is 0.0246. The number of alkyl halides is 3. The Morgan fingerprint density at radius 1 is 0.960 bits per heavy atom. The molecule has 3 amide bonds. The molecule has 132 valence electrons. The molecule has 1 aromatic heterocycles. The van der Waals surface area contributed by atoms with Crippen molar-refractivity contribution in [2.24, 2.45) is 0 Å². The van der Waals surface area contributed by atoms with Crippen LogP contribution in [0.25, 0.3) is 0 Å². The van der Waals surface area contributed by atoms with Crippen molar-refractivity contribution in [3.63, 3.8) is 0 Å². The summed E-state index contributed by atoms with van der Waals surface area (Å²) in [5.74, 6) is -1.91. The quantitative estimate of drug-likeness (QED) is 0.718. The molecule has 0 bridgehead atoms. The molecule has 0 radical (unpaired) electrons. The van der Waals surface area contributed by atoms with Crippen molar-refractivity contribution in [2.45, 2.75) is 6.18 Å². The van der Waals surface area contributed by atoms with Crippen molar-refractivity contribution in [1.82, 2.24) is 16.2 Å². The van der Waals surface area contributed by atoms with Gasteiger partial charge in [0.15, 0.2) is 0 Å². The van der Waals surface area contributed by atoms with E-state index in [1.807, 2.05) is 0 Å². The van der Waals surface area contributed by atoms with Crippen LogP contribution in [0.3, 0.4) is 0 Å². The maximum Gasteiger partial charge on any atom is 0.416 e. The molecule has 3 N–H and O–H groups in total. The second-order valence-corrected chi connectivity index (χ2v) is 5.69. The van der Waals surface area contributed by atoms with E-state index in [1.54, 1.807) is 17.5 Å². The molecule has 0 aliphatic rings. The van der Waals surface area contributed by atoms with Crippen LogP contribution in [0.15, 0.2) is 41.8 Å². The van der Waals surface area contributed by atoms with Gasteiger partial charge in [-0.1, -0.05) is 6.07 Å². The summed E-state index contributed by atoms with van der Waals surface area (Å²) in [6.07, 6.45) is -4.49. The van der Waals surface area contributed by atoms with Crippen molar-refractivity contribution in [2.75, 3.05) is 6.54 Å². The Morgan fingerprint density at radius 3 is 2.20 bits per heavy atom. The van der Waals surface area contributed by atoms with Gasteiger partial charge in [0.2, 0.25) is 0 Å². The molecule has 1 heterocycles. The zero-order valence-corrected chi connectivity index (χ0v) is 13.3. The number of halogens is 3. The van der Waals surface area contributed by atoms with Crippen LogP contribution in [0.1, 0.15) is 25.6 Å². The molecular weight excluding hydrogens is 359 g/mol. The Kier molecular flexibility index (Phi) is 5.75. The van der Waals surface area contributed by atoms with Crippen LogP contribution in [-0.2, 0) is 11.0 Å². The average molecular weight is 371 g/mol. The van der Waals surface area contributed by atoms with Gasteiger partial charge in [0.05, 0.1) is 17.0 Å². The number of nitrogens with one attached hydrogen (secondary N) is 3. The first-order chi connectivity index (χ1) is 11.8. The molecule has 0 aliphatic heterocycles. The summed E-state index contributed by atoms with van der Waals surface area (Å²) in [5, 5.41) is 3.93. The number of thiophene rings is 1. The van der Waals surface area contributed by atoms with E-state index in [9.17, 15) is 27.6 Å². The third-order valence-electron chi connectivity index (χ3n) is 2.94. The Labute approximate surface area is 144 Å². The molecule has 25 heavy (non-hydrogen) atoms. The number of benzene rings is 1. The normalized spacial score (nSPS) is 10.8. The zero-order chi connectivity index (χ0) is 18.4. The van der Waals surface area contributed by atoms with E-state index in [1.165, 1.54) is 11.3 Å². The lowest BCUT2D eigenvalue weighted by Crippen LogP contribution is -2.46. The SMILES string of the molecule is O=C(CNC(=O)c1ccc(C(F)(F)F)cc1)NNC(=O)c1cccs1. The van der Waals surface area contributed by atoms with Crippen molar-refractivity contribution in [3.05, 3.63) is 57.8 Å². The third kappa shape index (κ3) is 5.31. The summed E-state index contributed by atoms with van der Waals surface area (Å²) in [6.45, 7) is -0.454. The first kappa shape index (κ1) is 18.5. The smallest absolute Gasteiger partial charge is 0.343 e. The number of hydrazine groups is 1. The van der Waals surface area contributed by atoms with Crippen LogP contribution in [0.4, 0.5) is 13.2 Å². The van der Waals surface area contributed by atoms with Crippen molar-refractivity contribution in [1.29, 1.82) is 0 Å². The van der Waals surface area contributed by atoms with Gasteiger partial charge < -0.3 is 5.32 Å². The summed E-state index contributed by atoms with van der Waals surface area (Å²) in [4.78, 5) is 35.3. The number of hydrogen-bond donors (Lipinski definition) is 3. The van der Waals surface area contributed by atoms with Gasteiger partial charge in [-0.15, -0.1) is 11.3 Å². The average Bonchev–Trinajstić information content (AvgIpc) is 3.11. The van der Waals surface area contributed by atoms with E-state index < -0.39 is 36.0 Å². The third-order valence-corrected chi connectivity index (χ3v) is 3.81. The van der Waals surface area contributed by atoms with Gasteiger partial charge in [0.25, 0.3) is 17.7 Å². The highest BCUT2D eigenvalue weighted by Gasteiger charge is 2.30. The van der Waals surface area contributed by atoms with Gasteiger partial charge in [-0.05, 0) is 35.7 Å². The van der Waals surface area contributed by atoms with Crippen molar-refractivity contribution >= 4 is 29.1 Å². The van der Waals surface area contributed by atoms with Crippen LogP contribution in [0.2, 0.25) is 0 Å². The fourth-order valence-electron chi connectivity index (χ4n) is 1.71. The molecule has 0 aliphatic carbocycles. The molecule has 0 fully saturated rings. The van der Waals surface area contributed by atoms with Crippen LogP contribution in [0, 0.1) is 0 Å². The first-order valence-electron chi connectivity index (χ1n) is 6.85. The molecule has 0 unspecified atom stereocenters. The van der Waals surface area contributed by atoms with Gasteiger partial charge in [-0.2, -0.15) is 13.2 Å². The van der Waals surface area contributed by atoms with Gasteiger partial charge in [0, 0.05) is 5.56 Å². The van der Waals surface area contributed by atoms with E-state index >= 15 is 0 Å². The molecule has 10 heteroatoms. The highest BCUT2D eigenvalue weighted by Crippen LogP contribution is 2.29. The standard InChI is InChI=1S/C15H12F3N3O3S/c16-15(17,18)10-5-3-9(4-6-10)13(23)19-8-12(22)20-21-14(24)11-2-1-7-25-11/h1-7H,8H2,(H,19,23)(H,20,22)(H,21,24). The van der Waals surface area contributed by atoms with E-state index in [4.69, 9.17) is 0 Å². The lowest BCUT2D eigenvalue weighted by Gasteiger charge is -2.09. The summed E-state index contributed by atoms with van der Waals surface area (Å²) in [6, 6.07) is 6.81. The monoisotopic (exact) mass is 371 g/mol. The molecule has 6 nitrogen and oxygen atoms in total. The van der Waals surface area contributed by atoms with Gasteiger partial charge in [-0.3, -0.25) is 25.2 Å². The highest BCUT2D eigenvalue weighted by molar-refractivity contribution is 7.12. The van der Waals surface area contributed by atoms with Gasteiger partial charge >= 0.3 is 6.18 Å². The fraction of sp³-hybridized carbons (Fsp3) is 0.133. The number of carbonyl (C=O) groups is 3. The van der Waals surface area contributed by atoms with E-state index in [2.05, 4.69) is 16.2 Å². The van der Waals surface area contributed by atoms with Gasteiger partial charge in [-0.25, -0.2) is 0 Å². The maximum absolute atomic E-state index is 12.4. The van der Waals surface area contributed by atoms with E-state index in [0.29, 0.717) is 4.88 Å². The zero-order valence-electron chi connectivity index (χ0n) is 12.5. The summed E-state index contributed by atoms with van der Waals surface area (Å²) < 4.78 is 37.3. The van der Waals surface area contributed by atoms with E-state index in [0.717, 1.165) is 24.3 Å². The largest absolute Gasteiger partial charge is 0.416 e. The Balaban J connectivity index is 1.79. The first-order valence-corrected chi connectivity index (χ1v) is 7.73. The van der Waals surface area contributed by atoms with E-state index in [-0.39, 0.29) is 5.56 Å². The molecule has 0 spiro atoms. The summed E-state index contributed by atoms with van der Waals surface area (Å²) >= 11 is 1.19.